The fourth-order valence-electron chi connectivity index (χ4n) is 1.28. The lowest BCUT2D eigenvalue weighted by molar-refractivity contribution is 0.459. The molecule has 2 rings (SSSR count). The van der Waals surface area contributed by atoms with Crippen molar-refractivity contribution in [1.82, 2.24) is 4.98 Å². The molecule has 0 amide bonds. The van der Waals surface area contributed by atoms with Gasteiger partial charge in [-0.15, -0.1) is 0 Å². The molecule has 0 aliphatic carbocycles. The van der Waals surface area contributed by atoms with Crippen LogP contribution in [0.4, 0.5) is 10.1 Å². The molecule has 0 unspecified atom stereocenters. The van der Waals surface area contributed by atoms with Crippen molar-refractivity contribution < 1.29 is 9.13 Å². The number of rotatable bonds is 2. The van der Waals surface area contributed by atoms with E-state index in [-0.39, 0.29) is 15.9 Å². The van der Waals surface area contributed by atoms with Gasteiger partial charge in [0, 0.05) is 0 Å². The van der Waals surface area contributed by atoms with E-state index in [9.17, 15) is 4.39 Å². The largest absolute Gasteiger partial charge is 0.438 e. The number of pyridine rings is 1. The van der Waals surface area contributed by atoms with Gasteiger partial charge in [0.15, 0.2) is 0 Å². The first-order valence-electron chi connectivity index (χ1n) is 4.88. The lowest BCUT2D eigenvalue weighted by atomic mass is 10.2. The van der Waals surface area contributed by atoms with Gasteiger partial charge in [0.25, 0.3) is 0 Å². The molecule has 18 heavy (non-hydrogen) atoms. The average Bonchev–Trinajstić information content (AvgIpc) is 2.36. The SMILES string of the molecule is N#Cc1cc(N)cnc1Oc1ccc(F)c(Br)c1. The summed E-state index contributed by atoms with van der Waals surface area (Å²) in [4.78, 5) is 3.92. The predicted octanol–water partition coefficient (Wildman–Crippen LogP) is 3.23. The fourth-order valence-corrected chi connectivity index (χ4v) is 1.64. The second kappa shape index (κ2) is 5.02. The van der Waals surface area contributed by atoms with Crippen molar-refractivity contribution in [3.63, 3.8) is 0 Å². The summed E-state index contributed by atoms with van der Waals surface area (Å²) >= 11 is 3.05. The summed E-state index contributed by atoms with van der Waals surface area (Å²) in [6, 6.07) is 7.54. The van der Waals surface area contributed by atoms with Crippen LogP contribution in [0.25, 0.3) is 0 Å². The smallest absolute Gasteiger partial charge is 0.237 e. The monoisotopic (exact) mass is 307 g/mol. The Labute approximate surface area is 111 Å². The molecule has 1 heterocycles. The van der Waals surface area contributed by atoms with Crippen LogP contribution in [0.3, 0.4) is 0 Å². The normalized spacial score (nSPS) is 9.83. The number of hydrogen-bond acceptors (Lipinski definition) is 4. The van der Waals surface area contributed by atoms with Crippen molar-refractivity contribution in [3.05, 3.63) is 46.3 Å². The molecule has 0 spiro atoms. The minimum Gasteiger partial charge on any atom is -0.438 e. The highest BCUT2D eigenvalue weighted by molar-refractivity contribution is 9.10. The van der Waals surface area contributed by atoms with Gasteiger partial charge >= 0.3 is 0 Å². The Bertz CT molecular complexity index is 640. The van der Waals surface area contributed by atoms with Crippen LogP contribution in [-0.2, 0) is 0 Å². The Hall–Kier alpha value is -2.13. The van der Waals surface area contributed by atoms with Gasteiger partial charge in [-0.1, -0.05) is 0 Å². The van der Waals surface area contributed by atoms with Crippen molar-refractivity contribution in [2.24, 2.45) is 0 Å². The third-order valence-electron chi connectivity index (χ3n) is 2.10. The first-order valence-corrected chi connectivity index (χ1v) is 5.68. The van der Waals surface area contributed by atoms with Crippen LogP contribution < -0.4 is 10.5 Å². The highest BCUT2D eigenvalue weighted by Gasteiger charge is 2.08. The standard InChI is InChI=1S/C12H7BrFN3O/c13-10-4-9(1-2-11(10)14)18-12-7(5-15)3-8(16)6-17-12/h1-4,6H,16H2. The van der Waals surface area contributed by atoms with Gasteiger partial charge in [-0.2, -0.15) is 5.26 Å². The molecule has 6 heteroatoms. The molecule has 0 radical (unpaired) electrons. The Kier molecular flexibility index (Phi) is 3.44. The van der Waals surface area contributed by atoms with Crippen LogP contribution in [0.5, 0.6) is 11.6 Å². The molecule has 0 bridgehead atoms. The van der Waals surface area contributed by atoms with Gasteiger partial charge < -0.3 is 10.5 Å². The number of hydrogen-bond donors (Lipinski definition) is 1. The zero-order chi connectivity index (χ0) is 13.1. The van der Waals surface area contributed by atoms with Gasteiger partial charge in [-0.25, -0.2) is 9.37 Å². The van der Waals surface area contributed by atoms with E-state index >= 15 is 0 Å². The maximum absolute atomic E-state index is 13.0. The third-order valence-corrected chi connectivity index (χ3v) is 2.71. The first kappa shape index (κ1) is 12.3. The summed E-state index contributed by atoms with van der Waals surface area (Å²) in [5, 5.41) is 8.92. The van der Waals surface area contributed by atoms with E-state index in [4.69, 9.17) is 15.7 Å². The number of ether oxygens (including phenoxy) is 1. The molecule has 4 nitrogen and oxygen atoms in total. The van der Waals surface area contributed by atoms with E-state index in [0.717, 1.165) is 0 Å². The van der Waals surface area contributed by atoms with Crippen LogP contribution >= 0.6 is 15.9 Å². The minimum absolute atomic E-state index is 0.130. The summed E-state index contributed by atoms with van der Waals surface area (Å²) in [7, 11) is 0. The quantitative estimate of drug-likeness (QED) is 0.924. The Morgan fingerprint density at radius 2 is 2.17 bits per heavy atom. The number of nitrogens with two attached hydrogens (primary N) is 1. The van der Waals surface area contributed by atoms with Crippen LogP contribution in [-0.4, -0.2) is 4.98 Å². The molecule has 1 aromatic heterocycles. The Morgan fingerprint density at radius 3 is 2.83 bits per heavy atom. The van der Waals surface area contributed by atoms with Gasteiger partial charge in [0.1, 0.15) is 23.2 Å². The zero-order valence-corrected chi connectivity index (χ0v) is 10.6. The highest BCUT2D eigenvalue weighted by Crippen LogP contribution is 2.27. The lowest BCUT2D eigenvalue weighted by Gasteiger charge is -2.07. The Morgan fingerprint density at radius 1 is 1.39 bits per heavy atom. The minimum atomic E-state index is -0.395. The predicted molar refractivity (Wildman–Crippen MR) is 67.5 cm³/mol. The van der Waals surface area contributed by atoms with Crippen LogP contribution in [0.1, 0.15) is 5.56 Å². The topological polar surface area (TPSA) is 71.9 Å². The summed E-state index contributed by atoms with van der Waals surface area (Å²) in [6.07, 6.45) is 1.38. The second-order valence-corrected chi connectivity index (χ2v) is 4.27. The van der Waals surface area contributed by atoms with Crippen LogP contribution in [0, 0.1) is 17.1 Å². The molecule has 0 fully saturated rings. The highest BCUT2D eigenvalue weighted by atomic mass is 79.9. The number of benzene rings is 1. The van der Waals surface area contributed by atoms with Crippen molar-refractivity contribution >= 4 is 21.6 Å². The molecule has 0 aliphatic rings. The third kappa shape index (κ3) is 2.57. The first-order chi connectivity index (χ1) is 8.60. The second-order valence-electron chi connectivity index (χ2n) is 3.41. The summed E-state index contributed by atoms with van der Waals surface area (Å²) in [6.45, 7) is 0. The fraction of sp³-hybridized carbons (Fsp3) is 0. The zero-order valence-electron chi connectivity index (χ0n) is 9.02. The van der Waals surface area contributed by atoms with Crippen LogP contribution in [0.2, 0.25) is 0 Å². The molecule has 1 aromatic carbocycles. The molecule has 2 N–H and O–H groups in total. The van der Waals surface area contributed by atoms with Gasteiger partial charge in [-0.3, -0.25) is 0 Å². The molecule has 2 aromatic rings. The van der Waals surface area contributed by atoms with Gasteiger partial charge in [0.2, 0.25) is 5.88 Å². The van der Waals surface area contributed by atoms with E-state index < -0.39 is 5.82 Å². The molecule has 0 atom stereocenters. The van der Waals surface area contributed by atoms with Crippen LogP contribution in [0.15, 0.2) is 34.9 Å². The van der Waals surface area contributed by atoms with Gasteiger partial charge in [-0.05, 0) is 40.2 Å². The molecular weight excluding hydrogens is 301 g/mol. The number of nitriles is 1. The number of aromatic nitrogens is 1. The maximum Gasteiger partial charge on any atom is 0.237 e. The van der Waals surface area contributed by atoms with E-state index in [1.807, 2.05) is 6.07 Å². The summed E-state index contributed by atoms with van der Waals surface area (Å²) in [5.74, 6) is 0.107. The average molecular weight is 308 g/mol. The van der Waals surface area contributed by atoms with Crippen molar-refractivity contribution in [3.8, 4) is 17.7 Å². The van der Waals surface area contributed by atoms with Gasteiger partial charge in [0.05, 0.1) is 16.4 Å². The number of anilines is 1. The summed E-state index contributed by atoms with van der Waals surface area (Å²) < 4.78 is 18.7. The van der Waals surface area contributed by atoms with Crippen molar-refractivity contribution in [2.45, 2.75) is 0 Å². The molecule has 90 valence electrons. The number of nitrogen functional groups attached to an aromatic ring is 1. The molecular formula is C12H7BrFN3O. The number of halogens is 2. The van der Waals surface area contributed by atoms with Crippen molar-refractivity contribution in [1.29, 1.82) is 5.26 Å². The lowest BCUT2D eigenvalue weighted by Crippen LogP contribution is -1.95. The number of nitrogens with zero attached hydrogens (tertiary/aromatic N) is 2. The Balaban J connectivity index is 2.34. The van der Waals surface area contributed by atoms with E-state index in [2.05, 4.69) is 20.9 Å². The van der Waals surface area contributed by atoms with E-state index in [0.29, 0.717) is 11.4 Å². The summed E-state index contributed by atoms with van der Waals surface area (Å²) in [5.41, 5.74) is 6.11. The molecule has 0 aliphatic heterocycles. The van der Waals surface area contributed by atoms with Crippen molar-refractivity contribution in [2.75, 3.05) is 5.73 Å². The molecule has 0 saturated heterocycles. The maximum atomic E-state index is 13.0. The molecule has 0 saturated carbocycles. The van der Waals surface area contributed by atoms with E-state index in [1.54, 1.807) is 0 Å². The van der Waals surface area contributed by atoms with E-state index in [1.165, 1.54) is 30.5 Å².